The highest BCUT2D eigenvalue weighted by atomic mass is 16.5. The second-order valence-electron chi connectivity index (χ2n) is 9.52. The predicted octanol–water partition coefficient (Wildman–Crippen LogP) is 3.65. The second-order valence-corrected chi connectivity index (χ2v) is 9.52. The molecule has 2 aromatic heterocycles. The Bertz CT molecular complexity index is 1380. The van der Waals surface area contributed by atoms with Crippen molar-refractivity contribution < 1.29 is 15.1 Å². The Kier molecular flexibility index (Phi) is 7.79. The van der Waals surface area contributed by atoms with Crippen LogP contribution < -0.4 is 5.48 Å². The molecule has 1 amide bonds. The monoisotopic (exact) mass is 499 g/mol. The Hall–Kier alpha value is -3.72. The second kappa shape index (κ2) is 11.6. The standard InChI is InChI=1S/C29H33N5O3/c35-16-15-33(28-9-7-22-17-21(5-8-26(22)28)6-10-29(36)32-37)13-11-23-19-34(14-12-24-18-30-20-31-24)27-4-2-1-3-25(23)27/h1-6,8,10,17-20,28,35,37H,7,9,11-16H2,(H,30,31)(H,32,36)/b10-6+. The number of aliphatic hydroxyl groups is 1. The van der Waals surface area contributed by atoms with Gasteiger partial charge in [0.15, 0.2) is 0 Å². The normalized spacial score (nSPS) is 15.2. The summed E-state index contributed by atoms with van der Waals surface area (Å²) in [5.41, 5.74) is 8.80. The fourth-order valence-corrected chi connectivity index (χ4v) is 5.49. The molecule has 1 atom stereocenters. The Labute approximate surface area is 216 Å². The lowest BCUT2D eigenvalue weighted by Gasteiger charge is -2.29. The van der Waals surface area contributed by atoms with Gasteiger partial charge in [0.2, 0.25) is 0 Å². The van der Waals surface area contributed by atoms with Crippen LogP contribution in [0.15, 0.2) is 67.3 Å². The molecule has 1 aliphatic rings. The number of amides is 1. The first-order chi connectivity index (χ1) is 18.2. The summed E-state index contributed by atoms with van der Waals surface area (Å²) >= 11 is 0. The number of H-pyrrole nitrogens is 1. The molecule has 8 heteroatoms. The molecule has 2 heterocycles. The molecule has 37 heavy (non-hydrogen) atoms. The summed E-state index contributed by atoms with van der Waals surface area (Å²) in [5.74, 6) is -0.546. The summed E-state index contributed by atoms with van der Waals surface area (Å²) in [5, 5.41) is 19.8. The van der Waals surface area contributed by atoms with Crippen LogP contribution in [0, 0.1) is 0 Å². The van der Waals surface area contributed by atoms with Crippen molar-refractivity contribution in [2.75, 3.05) is 19.7 Å². The number of nitrogens with one attached hydrogen (secondary N) is 2. The van der Waals surface area contributed by atoms with E-state index >= 15 is 0 Å². The zero-order valence-corrected chi connectivity index (χ0v) is 20.8. The van der Waals surface area contributed by atoms with Gasteiger partial charge in [-0.3, -0.25) is 14.9 Å². The molecule has 192 valence electrons. The number of fused-ring (bicyclic) bond motifs is 2. The average Bonchev–Trinajstić information content (AvgIpc) is 3.67. The third-order valence-corrected chi connectivity index (χ3v) is 7.29. The number of carbonyl (C=O) groups is 1. The number of aromatic nitrogens is 3. The van der Waals surface area contributed by atoms with E-state index in [1.165, 1.54) is 33.7 Å². The van der Waals surface area contributed by atoms with Crippen LogP contribution in [0.4, 0.5) is 0 Å². The zero-order valence-electron chi connectivity index (χ0n) is 20.8. The van der Waals surface area contributed by atoms with Crippen molar-refractivity contribution >= 4 is 22.9 Å². The molecule has 0 bridgehead atoms. The number of aliphatic hydroxyl groups excluding tert-OH is 1. The van der Waals surface area contributed by atoms with Gasteiger partial charge in [-0.25, -0.2) is 10.5 Å². The maximum absolute atomic E-state index is 11.3. The number of aromatic amines is 1. The summed E-state index contributed by atoms with van der Waals surface area (Å²) in [6.07, 6.45) is 12.7. The maximum Gasteiger partial charge on any atom is 0.267 e. The van der Waals surface area contributed by atoms with E-state index in [9.17, 15) is 9.90 Å². The number of carbonyl (C=O) groups excluding carboxylic acids is 1. The summed E-state index contributed by atoms with van der Waals surface area (Å²) in [4.78, 5) is 21.0. The van der Waals surface area contributed by atoms with Crippen LogP contribution in [0.2, 0.25) is 0 Å². The third kappa shape index (κ3) is 5.67. The van der Waals surface area contributed by atoms with E-state index in [0.29, 0.717) is 6.54 Å². The summed E-state index contributed by atoms with van der Waals surface area (Å²) in [6.45, 7) is 2.49. The quantitative estimate of drug-likeness (QED) is 0.143. The highest BCUT2D eigenvalue weighted by Crippen LogP contribution is 2.36. The minimum atomic E-state index is -0.546. The molecule has 5 rings (SSSR count). The number of hydrogen-bond donors (Lipinski definition) is 4. The van der Waals surface area contributed by atoms with Crippen LogP contribution in [0.3, 0.4) is 0 Å². The number of benzene rings is 2. The number of hydrogen-bond acceptors (Lipinski definition) is 5. The molecule has 1 aliphatic carbocycles. The first-order valence-corrected chi connectivity index (χ1v) is 12.8. The molecule has 0 saturated carbocycles. The molecule has 8 nitrogen and oxygen atoms in total. The summed E-state index contributed by atoms with van der Waals surface area (Å²) in [6, 6.07) is 15.1. The molecule has 4 N–H and O–H groups in total. The van der Waals surface area contributed by atoms with Crippen molar-refractivity contribution in [1.82, 2.24) is 24.9 Å². The molecule has 0 fully saturated rings. The van der Waals surface area contributed by atoms with Crippen LogP contribution in [-0.2, 0) is 30.6 Å². The SMILES string of the molecule is O=C(/C=C/c1ccc2c(c1)CCC2N(CCO)CCc1cn(CCc2cnc[nH]2)c2ccccc12)NO. The smallest absolute Gasteiger partial charge is 0.267 e. The molecular weight excluding hydrogens is 466 g/mol. The molecule has 4 aromatic rings. The number of aryl methyl sites for hydroxylation is 3. The van der Waals surface area contributed by atoms with Gasteiger partial charge in [0, 0.05) is 67.2 Å². The number of para-hydroxylation sites is 1. The van der Waals surface area contributed by atoms with Gasteiger partial charge in [-0.1, -0.05) is 36.4 Å². The van der Waals surface area contributed by atoms with Crippen LogP contribution in [0.25, 0.3) is 17.0 Å². The minimum absolute atomic E-state index is 0.120. The highest BCUT2D eigenvalue weighted by molar-refractivity contribution is 5.90. The van der Waals surface area contributed by atoms with Crippen molar-refractivity contribution in [2.45, 2.75) is 38.3 Å². The molecule has 0 aliphatic heterocycles. The van der Waals surface area contributed by atoms with E-state index in [1.807, 2.05) is 12.3 Å². The lowest BCUT2D eigenvalue weighted by Crippen LogP contribution is -2.32. The average molecular weight is 500 g/mol. The lowest BCUT2D eigenvalue weighted by atomic mass is 10.0. The molecule has 2 aromatic carbocycles. The Morgan fingerprint density at radius 2 is 2.11 bits per heavy atom. The maximum atomic E-state index is 11.3. The van der Waals surface area contributed by atoms with E-state index in [2.05, 4.69) is 62.0 Å². The lowest BCUT2D eigenvalue weighted by molar-refractivity contribution is -0.124. The summed E-state index contributed by atoms with van der Waals surface area (Å²) in [7, 11) is 0. The van der Waals surface area contributed by atoms with Crippen LogP contribution >= 0.6 is 0 Å². The molecule has 0 spiro atoms. The van der Waals surface area contributed by atoms with Crippen molar-refractivity contribution in [1.29, 1.82) is 0 Å². The topological polar surface area (TPSA) is 106 Å². The van der Waals surface area contributed by atoms with Gasteiger partial charge < -0.3 is 14.7 Å². The number of rotatable bonds is 11. The largest absolute Gasteiger partial charge is 0.395 e. The first kappa shape index (κ1) is 25.0. The van der Waals surface area contributed by atoms with Crippen molar-refractivity contribution in [3.63, 3.8) is 0 Å². The van der Waals surface area contributed by atoms with Gasteiger partial charge >= 0.3 is 0 Å². The van der Waals surface area contributed by atoms with E-state index in [-0.39, 0.29) is 12.6 Å². The highest BCUT2D eigenvalue weighted by Gasteiger charge is 2.28. The molecular formula is C29H33N5O3. The van der Waals surface area contributed by atoms with Crippen molar-refractivity contribution in [3.05, 3.63) is 95.2 Å². The van der Waals surface area contributed by atoms with Gasteiger partial charge in [0.05, 0.1) is 12.9 Å². The van der Waals surface area contributed by atoms with E-state index in [1.54, 1.807) is 17.9 Å². The Morgan fingerprint density at radius 1 is 1.22 bits per heavy atom. The van der Waals surface area contributed by atoms with Gasteiger partial charge in [-0.05, 0) is 53.7 Å². The first-order valence-electron chi connectivity index (χ1n) is 12.8. The van der Waals surface area contributed by atoms with Gasteiger partial charge in [-0.2, -0.15) is 0 Å². The summed E-state index contributed by atoms with van der Waals surface area (Å²) < 4.78 is 2.33. The third-order valence-electron chi connectivity index (χ3n) is 7.29. The fourth-order valence-electron chi connectivity index (χ4n) is 5.49. The van der Waals surface area contributed by atoms with Crippen LogP contribution in [-0.4, -0.2) is 55.4 Å². The van der Waals surface area contributed by atoms with Crippen molar-refractivity contribution in [2.24, 2.45) is 0 Å². The molecule has 0 saturated heterocycles. The minimum Gasteiger partial charge on any atom is -0.395 e. The fraction of sp³-hybridized carbons (Fsp3) is 0.310. The van der Waals surface area contributed by atoms with Crippen LogP contribution in [0.5, 0.6) is 0 Å². The Balaban J connectivity index is 1.31. The number of nitrogens with zero attached hydrogens (tertiary/aromatic N) is 3. The number of imidazole rings is 1. The van der Waals surface area contributed by atoms with E-state index in [4.69, 9.17) is 5.21 Å². The Morgan fingerprint density at radius 3 is 2.92 bits per heavy atom. The van der Waals surface area contributed by atoms with Crippen LogP contribution in [0.1, 0.15) is 40.4 Å². The zero-order chi connectivity index (χ0) is 25.6. The molecule has 1 unspecified atom stereocenters. The van der Waals surface area contributed by atoms with Crippen molar-refractivity contribution in [3.8, 4) is 0 Å². The van der Waals surface area contributed by atoms with Gasteiger partial charge in [-0.15, -0.1) is 0 Å². The van der Waals surface area contributed by atoms with Gasteiger partial charge in [0.1, 0.15) is 0 Å². The predicted molar refractivity (Wildman–Crippen MR) is 143 cm³/mol. The molecule has 0 radical (unpaired) electrons. The van der Waals surface area contributed by atoms with E-state index < -0.39 is 5.91 Å². The van der Waals surface area contributed by atoms with Gasteiger partial charge in [0.25, 0.3) is 5.91 Å². The van der Waals surface area contributed by atoms with E-state index in [0.717, 1.165) is 50.0 Å². The number of hydroxylamine groups is 1.